The molecule has 0 spiro atoms. The number of hydrogen-bond acceptors (Lipinski definition) is 2. The quantitative estimate of drug-likeness (QED) is 0.631. The Morgan fingerprint density at radius 3 is 2.62 bits per heavy atom. The van der Waals surface area contributed by atoms with E-state index in [2.05, 4.69) is 11.1 Å². The van der Waals surface area contributed by atoms with Crippen molar-refractivity contribution in [1.82, 2.24) is 9.88 Å². The highest BCUT2D eigenvalue weighted by Crippen LogP contribution is 2.29. The van der Waals surface area contributed by atoms with E-state index in [0.717, 1.165) is 34.0 Å². The van der Waals surface area contributed by atoms with Crippen molar-refractivity contribution in [3.8, 4) is 0 Å². The zero-order valence-electron chi connectivity index (χ0n) is 16.4. The lowest BCUT2D eigenvalue weighted by Gasteiger charge is -2.26. The Kier molecular flexibility index (Phi) is 5.30. The van der Waals surface area contributed by atoms with Gasteiger partial charge in [-0.25, -0.2) is 4.39 Å². The number of H-pyrrole nitrogens is 1. The number of Topliss-reactive ketones (excluding diaryl/α,β-unsaturated/α-hetero) is 1. The molecule has 0 fully saturated rings. The van der Waals surface area contributed by atoms with Crippen molar-refractivity contribution in [1.29, 1.82) is 0 Å². The molecule has 2 heterocycles. The van der Waals surface area contributed by atoms with Crippen LogP contribution in [-0.4, -0.2) is 34.7 Å². The maximum absolute atomic E-state index is 13.4. The Bertz CT molecular complexity index is 1100. The van der Waals surface area contributed by atoms with Crippen molar-refractivity contribution >= 4 is 28.2 Å². The number of benzene rings is 2. The predicted octanol–water partition coefficient (Wildman–Crippen LogP) is 4.89. The Morgan fingerprint density at radius 1 is 1.10 bits per heavy atom. The molecule has 1 amide bonds. The van der Waals surface area contributed by atoms with Gasteiger partial charge in [0.05, 0.1) is 0 Å². The van der Waals surface area contributed by atoms with Crippen molar-refractivity contribution in [2.75, 3.05) is 13.1 Å². The van der Waals surface area contributed by atoms with Gasteiger partial charge in [0.25, 0.3) is 0 Å². The van der Waals surface area contributed by atoms with E-state index < -0.39 is 0 Å². The summed E-state index contributed by atoms with van der Waals surface area (Å²) in [5.41, 5.74) is 4.74. The number of amides is 1. The van der Waals surface area contributed by atoms with Gasteiger partial charge in [-0.1, -0.05) is 35.9 Å². The summed E-state index contributed by atoms with van der Waals surface area (Å²) in [6.07, 6.45) is 5.13. The molecule has 1 N–H and O–H groups in total. The minimum atomic E-state index is -0.263. The third-order valence-electron chi connectivity index (χ3n) is 5.49. The number of nitrogens with zero attached hydrogens (tertiary/aromatic N) is 1. The van der Waals surface area contributed by atoms with E-state index in [1.807, 2.05) is 37.4 Å². The summed E-state index contributed by atoms with van der Waals surface area (Å²) in [6, 6.07) is 12.2. The van der Waals surface area contributed by atoms with E-state index in [0.29, 0.717) is 18.7 Å². The molecule has 0 unspecified atom stereocenters. The first kappa shape index (κ1) is 19.1. The second-order valence-electron chi connectivity index (χ2n) is 7.50. The third kappa shape index (κ3) is 4.14. The lowest BCUT2D eigenvalue weighted by molar-refractivity contribution is -0.130. The van der Waals surface area contributed by atoms with Gasteiger partial charge in [0, 0.05) is 54.2 Å². The van der Waals surface area contributed by atoms with E-state index in [1.165, 1.54) is 12.1 Å². The molecule has 0 bridgehead atoms. The van der Waals surface area contributed by atoms with Crippen LogP contribution in [0, 0.1) is 12.7 Å². The highest BCUT2D eigenvalue weighted by Gasteiger charge is 2.20. The van der Waals surface area contributed by atoms with Gasteiger partial charge in [-0.05, 0) is 37.1 Å². The van der Waals surface area contributed by atoms with Gasteiger partial charge >= 0.3 is 0 Å². The number of aromatic amines is 1. The van der Waals surface area contributed by atoms with Gasteiger partial charge in [-0.2, -0.15) is 0 Å². The van der Waals surface area contributed by atoms with Gasteiger partial charge in [-0.15, -0.1) is 0 Å². The number of carbonyl (C=O) groups is 2. The summed E-state index contributed by atoms with van der Waals surface area (Å²) < 4.78 is 13.4. The molecule has 29 heavy (non-hydrogen) atoms. The largest absolute Gasteiger partial charge is 0.360 e. The molecular weight excluding hydrogens is 367 g/mol. The van der Waals surface area contributed by atoms with Gasteiger partial charge in [0.2, 0.25) is 5.91 Å². The highest BCUT2D eigenvalue weighted by atomic mass is 19.1. The van der Waals surface area contributed by atoms with Crippen molar-refractivity contribution in [3.63, 3.8) is 0 Å². The Hall–Kier alpha value is -3.21. The molecule has 3 aromatic rings. The van der Waals surface area contributed by atoms with E-state index in [4.69, 9.17) is 0 Å². The van der Waals surface area contributed by atoms with Crippen LogP contribution in [0.1, 0.15) is 40.7 Å². The number of aromatic nitrogens is 1. The number of hydrogen-bond donors (Lipinski definition) is 1. The Balaban J connectivity index is 1.36. The second-order valence-corrected chi connectivity index (χ2v) is 7.50. The van der Waals surface area contributed by atoms with E-state index in [1.54, 1.807) is 11.0 Å². The molecule has 0 aliphatic carbocycles. The van der Waals surface area contributed by atoms with Crippen molar-refractivity contribution in [2.45, 2.75) is 26.2 Å². The summed E-state index contributed by atoms with van der Waals surface area (Å²) in [4.78, 5) is 29.7. The molecule has 2 aromatic carbocycles. The molecule has 5 heteroatoms. The number of fused-ring (bicyclic) bond motifs is 1. The van der Waals surface area contributed by atoms with Crippen molar-refractivity contribution in [2.24, 2.45) is 0 Å². The fourth-order valence-electron chi connectivity index (χ4n) is 3.77. The third-order valence-corrected chi connectivity index (χ3v) is 5.49. The van der Waals surface area contributed by atoms with Crippen LogP contribution in [0.25, 0.3) is 16.5 Å². The summed E-state index contributed by atoms with van der Waals surface area (Å²) in [7, 11) is 0. The van der Waals surface area contributed by atoms with Gasteiger partial charge in [-0.3, -0.25) is 9.59 Å². The van der Waals surface area contributed by atoms with Crippen molar-refractivity contribution in [3.05, 3.63) is 77.2 Å². The zero-order valence-corrected chi connectivity index (χ0v) is 16.4. The molecule has 1 aliphatic rings. The van der Waals surface area contributed by atoms with Crippen LogP contribution in [0.15, 0.2) is 54.7 Å². The lowest BCUT2D eigenvalue weighted by atomic mass is 9.98. The number of carbonyl (C=O) groups excluding carboxylic acids is 2. The van der Waals surface area contributed by atoms with Crippen LogP contribution in [0.4, 0.5) is 4.39 Å². The average Bonchev–Trinajstić information content (AvgIpc) is 3.15. The number of ketones is 1. The van der Waals surface area contributed by atoms with E-state index >= 15 is 0 Å². The first-order chi connectivity index (χ1) is 14.0. The zero-order chi connectivity index (χ0) is 20.4. The maximum Gasteiger partial charge on any atom is 0.223 e. The molecule has 0 atom stereocenters. The standard InChI is InChI=1S/C24H23FN2O2/c1-16-2-4-18(5-3-16)23(28)8-9-24(29)27-12-10-17(11-13-27)21-15-26-22-14-19(25)6-7-20(21)22/h2-7,10,14-15,26H,8-9,11-13H2,1H3. The van der Waals surface area contributed by atoms with Gasteiger partial charge in [0.1, 0.15) is 5.82 Å². The predicted molar refractivity (Wildman–Crippen MR) is 112 cm³/mol. The number of aryl methyl sites for hydroxylation is 1. The van der Waals surface area contributed by atoms with E-state index in [9.17, 15) is 14.0 Å². The summed E-state index contributed by atoms with van der Waals surface area (Å²) >= 11 is 0. The van der Waals surface area contributed by atoms with Crippen LogP contribution in [0.2, 0.25) is 0 Å². The topological polar surface area (TPSA) is 53.2 Å². The van der Waals surface area contributed by atoms with E-state index in [-0.39, 0.29) is 30.3 Å². The van der Waals surface area contributed by atoms with Crippen molar-refractivity contribution < 1.29 is 14.0 Å². The SMILES string of the molecule is Cc1ccc(C(=O)CCC(=O)N2CC=C(c3c[nH]c4cc(F)ccc34)CC2)cc1. The molecule has 0 radical (unpaired) electrons. The number of nitrogens with one attached hydrogen (secondary N) is 1. The van der Waals surface area contributed by atoms with Crippen LogP contribution >= 0.6 is 0 Å². The molecule has 4 nitrogen and oxygen atoms in total. The van der Waals surface area contributed by atoms with Gasteiger partial charge < -0.3 is 9.88 Å². The molecule has 0 saturated carbocycles. The van der Waals surface area contributed by atoms with Crippen LogP contribution in [0.3, 0.4) is 0 Å². The summed E-state index contributed by atoms with van der Waals surface area (Å²) in [6.45, 7) is 3.13. The molecule has 4 rings (SSSR count). The molecular formula is C24H23FN2O2. The fourth-order valence-corrected chi connectivity index (χ4v) is 3.77. The number of halogens is 1. The highest BCUT2D eigenvalue weighted by molar-refractivity contribution is 5.98. The first-order valence-electron chi connectivity index (χ1n) is 9.85. The average molecular weight is 390 g/mol. The minimum Gasteiger partial charge on any atom is -0.360 e. The summed E-state index contributed by atoms with van der Waals surface area (Å²) in [5.74, 6) is -0.264. The maximum atomic E-state index is 13.4. The monoisotopic (exact) mass is 390 g/mol. The summed E-state index contributed by atoms with van der Waals surface area (Å²) in [5, 5.41) is 0.987. The Morgan fingerprint density at radius 2 is 1.90 bits per heavy atom. The van der Waals surface area contributed by atoms with Crippen LogP contribution < -0.4 is 0 Å². The van der Waals surface area contributed by atoms with Gasteiger partial charge in [0.15, 0.2) is 5.78 Å². The smallest absolute Gasteiger partial charge is 0.223 e. The fraction of sp³-hybridized carbons (Fsp3) is 0.250. The number of rotatable bonds is 5. The molecule has 1 aliphatic heterocycles. The normalized spacial score (nSPS) is 14.1. The molecule has 0 saturated heterocycles. The second kappa shape index (κ2) is 8.03. The molecule has 148 valence electrons. The first-order valence-corrected chi connectivity index (χ1v) is 9.85. The lowest BCUT2D eigenvalue weighted by Crippen LogP contribution is -2.34. The Labute approximate surface area is 169 Å². The minimum absolute atomic E-state index is 0.00163. The molecule has 1 aromatic heterocycles. The van der Waals surface area contributed by atoms with Crippen LogP contribution in [0.5, 0.6) is 0 Å². The van der Waals surface area contributed by atoms with Crippen LogP contribution in [-0.2, 0) is 4.79 Å².